The van der Waals surface area contributed by atoms with Crippen LogP contribution in [0, 0.1) is 0 Å². The molecule has 1 saturated carbocycles. The van der Waals surface area contributed by atoms with Crippen molar-refractivity contribution >= 4 is 23.0 Å². The fourth-order valence-electron chi connectivity index (χ4n) is 3.10. The van der Waals surface area contributed by atoms with Crippen LogP contribution in [0.25, 0.3) is 10.9 Å². The molecule has 6 heteroatoms. The van der Waals surface area contributed by atoms with Gasteiger partial charge in [0.05, 0.1) is 7.11 Å². The first-order chi connectivity index (χ1) is 11.3. The Morgan fingerprint density at radius 3 is 2.67 bits per heavy atom. The van der Waals surface area contributed by atoms with E-state index in [9.17, 15) is 9.59 Å². The Morgan fingerprint density at radius 1 is 1.29 bits per heavy atom. The molecular formula is C18H22N2O4. The van der Waals surface area contributed by atoms with Crippen LogP contribution in [-0.4, -0.2) is 35.3 Å². The van der Waals surface area contributed by atoms with Gasteiger partial charge in [0.1, 0.15) is 11.1 Å². The van der Waals surface area contributed by atoms with E-state index in [1.165, 1.54) is 7.11 Å². The average Bonchev–Trinajstić information content (AvgIpc) is 3.05. The van der Waals surface area contributed by atoms with Crippen LogP contribution in [0.5, 0.6) is 0 Å². The van der Waals surface area contributed by atoms with Crippen LogP contribution in [0.2, 0.25) is 0 Å². The van der Waals surface area contributed by atoms with Gasteiger partial charge in [0, 0.05) is 23.0 Å². The van der Waals surface area contributed by atoms with Gasteiger partial charge in [-0.05, 0) is 38.8 Å². The number of carbonyl (C=O) groups is 2. The number of alkyl carbamates (subject to hydrolysis) is 1. The summed E-state index contributed by atoms with van der Waals surface area (Å²) in [7, 11) is 1.32. The topological polar surface area (TPSA) is 80.4 Å². The number of hydrogen-bond donors (Lipinski definition) is 2. The minimum Gasteiger partial charge on any atom is -0.467 e. The summed E-state index contributed by atoms with van der Waals surface area (Å²) in [5.41, 5.74) is 0.289. The zero-order valence-corrected chi connectivity index (χ0v) is 14.3. The predicted molar refractivity (Wildman–Crippen MR) is 89.8 cm³/mol. The van der Waals surface area contributed by atoms with Gasteiger partial charge < -0.3 is 19.8 Å². The van der Waals surface area contributed by atoms with Crippen LogP contribution in [-0.2, 0) is 14.3 Å². The van der Waals surface area contributed by atoms with Crippen LogP contribution in [0.1, 0.15) is 38.7 Å². The molecule has 1 heterocycles. The third-order valence-corrected chi connectivity index (χ3v) is 4.23. The number of hydrogen-bond acceptors (Lipinski definition) is 4. The lowest BCUT2D eigenvalue weighted by atomic mass is 10.1. The number of aromatic amines is 1. The standard InChI is InChI=1S/C18H22N2O4/c1-17(2,3)24-16(22)20-18(15(21)23-4)9-13(18)12-10-19-14-8-6-5-7-11(12)14/h5-8,10,13,19H,9H2,1-4H3,(H,20,22). The number of esters is 1. The molecule has 2 atom stereocenters. The summed E-state index contributed by atoms with van der Waals surface area (Å²) >= 11 is 0. The van der Waals surface area contributed by atoms with Crippen LogP contribution in [0.4, 0.5) is 4.79 Å². The lowest BCUT2D eigenvalue weighted by Gasteiger charge is -2.23. The molecule has 3 rings (SSSR count). The minimum absolute atomic E-state index is 0.145. The van der Waals surface area contributed by atoms with E-state index in [1.807, 2.05) is 30.5 Å². The number of ether oxygens (including phenoxy) is 2. The lowest BCUT2D eigenvalue weighted by Crippen LogP contribution is -2.47. The Bertz CT molecular complexity index is 790. The number of H-pyrrole nitrogens is 1. The number of rotatable bonds is 3. The molecule has 0 spiro atoms. The Labute approximate surface area is 140 Å². The summed E-state index contributed by atoms with van der Waals surface area (Å²) in [6.45, 7) is 5.34. The number of carbonyl (C=O) groups excluding carboxylic acids is 2. The molecule has 2 unspecified atom stereocenters. The van der Waals surface area contributed by atoms with Crippen molar-refractivity contribution in [1.29, 1.82) is 0 Å². The summed E-state index contributed by atoms with van der Waals surface area (Å²) in [6.07, 6.45) is 1.76. The van der Waals surface area contributed by atoms with Crippen molar-refractivity contribution in [2.24, 2.45) is 0 Å². The molecule has 2 N–H and O–H groups in total. The van der Waals surface area contributed by atoms with Gasteiger partial charge in [-0.3, -0.25) is 0 Å². The van der Waals surface area contributed by atoms with E-state index in [0.717, 1.165) is 16.5 Å². The van der Waals surface area contributed by atoms with Crippen molar-refractivity contribution in [3.8, 4) is 0 Å². The SMILES string of the molecule is COC(=O)C1(NC(=O)OC(C)(C)C)CC1c1c[nH]c2ccccc12. The first-order valence-electron chi connectivity index (χ1n) is 7.92. The summed E-state index contributed by atoms with van der Waals surface area (Å²) in [6, 6.07) is 7.86. The zero-order chi connectivity index (χ0) is 17.5. The lowest BCUT2D eigenvalue weighted by molar-refractivity contribution is -0.144. The van der Waals surface area contributed by atoms with Gasteiger partial charge >= 0.3 is 12.1 Å². The molecule has 0 saturated heterocycles. The third-order valence-electron chi connectivity index (χ3n) is 4.23. The van der Waals surface area contributed by atoms with Crippen molar-refractivity contribution in [2.45, 2.75) is 44.2 Å². The molecule has 0 aliphatic heterocycles. The van der Waals surface area contributed by atoms with Crippen molar-refractivity contribution < 1.29 is 19.1 Å². The molecule has 1 fully saturated rings. The number of benzene rings is 1. The summed E-state index contributed by atoms with van der Waals surface area (Å²) in [5.74, 6) is -0.600. The molecule has 1 amide bonds. The quantitative estimate of drug-likeness (QED) is 0.848. The van der Waals surface area contributed by atoms with E-state index >= 15 is 0 Å². The highest BCUT2D eigenvalue weighted by Gasteiger charge is 2.64. The molecule has 0 bridgehead atoms. The van der Waals surface area contributed by atoms with Crippen molar-refractivity contribution in [1.82, 2.24) is 10.3 Å². The van der Waals surface area contributed by atoms with Crippen LogP contribution in [0.3, 0.4) is 0 Å². The zero-order valence-electron chi connectivity index (χ0n) is 14.3. The fraction of sp³-hybridized carbons (Fsp3) is 0.444. The Kier molecular flexibility index (Phi) is 3.78. The molecule has 6 nitrogen and oxygen atoms in total. The number of aromatic nitrogens is 1. The molecule has 1 aromatic heterocycles. The Morgan fingerprint density at radius 2 is 2.00 bits per heavy atom. The normalized spacial score (nSPS) is 22.9. The maximum absolute atomic E-state index is 12.3. The van der Waals surface area contributed by atoms with E-state index in [2.05, 4.69) is 10.3 Å². The highest BCUT2D eigenvalue weighted by atomic mass is 16.6. The monoisotopic (exact) mass is 330 g/mol. The van der Waals surface area contributed by atoms with E-state index in [4.69, 9.17) is 9.47 Å². The number of amides is 1. The maximum Gasteiger partial charge on any atom is 0.408 e. The van der Waals surface area contributed by atoms with Gasteiger partial charge in [0.2, 0.25) is 0 Å². The fourth-order valence-corrected chi connectivity index (χ4v) is 3.10. The molecule has 1 aliphatic rings. The summed E-state index contributed by atoms with van der Waals surface area (Å²) in [5, 5.41) is 3.77. The molecule has 2 aromatic rings. The van der Waals surface area contributed by atoms with Gasteiger partial charge in [-0.1, -0.05) is 18.2 Å². The molecule has 1 aliphatic carbocycles. The molecule has 128 valence electrons. The van der Waals surface area contributed by atoms with Gasteiger partial charge in [0.15, 0.2) is 0 Å². The molecule has 1 aromatic carbocycles. The Hall–Kier alpha value is -2.50. The van der Waals surface area contributed by atoms with Crippen molar-refractivity contribution in [3.05, 3.63) is 36.0 Å². The van der Waals surface area contributed by atoms with E-state index in [1.54, 1.807) is 20.8 Å². The van der Waals surface area contributed by atoms with Crippen LogP contribution in [0.15, 0.2) is 30.5 Å². The highest BCUT2D eigenvalue weighted by molar-refractivity contribution is 5.94. The molecule has 24 heavy (non-hydrogen) atoms. The molecule has 0 radical (unpaired) electrons. The van der Waals surface area contributed by atoms with Gasteiger partial charge in [-0.25, -0.2) is 9.59 Å². The second-order valence-electron chi connectivity index (χ2n) is 7.14. The van der Waals surface area contributed by atoms with Crippen molar-refractivity contribution in [2.75, 3.05) is 7.11 Å². The molecular weight excluding hydrogens is 308 g/mol. The van der Waals surface area contributed by atoms with Gasteiger partial charge in [-0.15, -0.1) is 0 Å². The first-order valence-corrected chi connectivity index (χ1v) is 7.92. The summed E-state index contributed by atoms with van der Waals surface area (Å²) in [4.78, 5) is 27.7. The third kappa shape index (κ3) is 2.84. The number of fused-ring (bicyclic) bond motifs is 1. The second-order valence-corrected chi connectivity index (χ2v) is 7.14. The van der Waals surface area contributed by atoms with Crippen LogP contribution < -0.4 is 5.32 Å². The number of nitrogens with one attached hydrogen (secondary N) is 2. The van der Waals surface area contributed by atoms with Crippen LogP contribution >= 0.6 is 0 Å². The minimum atomic E-state index is -1.07. The van der Waals surface area contributed by atoms with E-state index in [0.29, 0.717) is 6.42 Å². The van der Waals surface area contributed by atoms with Gasteiger partial charge in [-0.2, -0.15) is 0 Å². The Balaban J connectivity index is 1.88. The van der Waals surface area contributed by atoms with Gasteiger partial charge in [0.25, 0.3) is 0 Å². The van der Waals surface area contributed by atoms with Crippen molar-refractivity contribution in [3.63, 3.8) is 0 Å². The average molecular weight is 330 g/mol. The highest BCUT2D eigenvalue weighted by Crippen LogP contribution is 2.54. The van der Waals surface area contributed by atoms with E-state index in [-0.39, 0.29) is 5.92 Å². The number of methoxy groups -OCH3 is 1. The predicted octanol–water partition coefficient (Wildman–Crippen LogP) is 3.09. The second kappa shape index (κ2) is 5.54. The smallest absolute Gasteiger partial charge is 0.408 e. The number of para-hydroxylation sites is 1. The summed E-state index contributed by atoms with van der Waals surface area (Å²) < 4.78 is 10.2. The van der Waals surface area contributed by atoms with E-state index < -0.39 is 23.2 Å². The largest absolute Gasteiger partial charge is 0.467 e. The maximum atomic E-state index is 12.3. The first kappa shape index (κ1) is 16.4.